The molecule has 0 fully saturated rings. The summed E-state index contributed by atoms with van der Waals surface area (Å²) in [5.74, 6) is 1.85. The van der Waals surface area contributed by atoms with Crippen LogP contribution in [-0.2, 0) is 13.0 Å². The molecule has 136 valence electrons. The molecule has 3 aromatic rings. The van der Waals surface area contributed by atoms with E-state index in [9.17, 15) is 0 Å². The van der Waals surface area contributed by atoms with Gasteiger partial charge in [-0.2, -0.15) is 0 Å². The maximum absolute atomic E-state index is 6.39. The van der Waals surface area contributed by atoms with Crippen LogP contribution < -0.4 is 9.47 Å². The van der Waals surface area contributed by atoms with Crippen molar-refractivity contribution in [3.8, 4) is 11.5 Å². The topological polar surface area (TPSA) is 36.3 Å². The second kappa shape index (κ2) is 8.56. The van der Waals surface area contributed by atoms with E-state index in [0.29, 0.717) is 0 Å². The fraction of sp³-hybridized carbons (Fsp3) is 0.318. The highest BCUT2D eigenvalue weighted by Crippen LogP contribution is 2.23. The minimum Gasteiger partial charge on any atom is -0.497 e. The maximum atomic E-state index is 6.39. The lowest BCUT2D eigenvalue weighted by atomic mass is 10.1. The molecule has 0 bridgehead atoms. The average molecular weight is 350 g/mol. The van der Waals surface area contributed by atoms with Crippen molar-refractivity contribution in [2.24, 2.45) is 0 Å². The first kappa shape index (κ1) is 18.1. The molecule has 0 saturated heterocycles. The lowest BCUT2D eigenvalue weighted by Gasteiger charge is -2.21. The third kappa shape index (κ3) is 4.88. The molecule has 0 N–H and O–H groups in total. The van der Waals surface area contributed by atoms with E-state index < -0.39 is 0 Å². The van der Waals surface area contributed by atoms with Crippen molar-refractivity contribution in [1.82, 2.24) is 9.55 Å². The summed E-state index contributed by atoms with van der Waals surface area (Å²) >= 11 is 0. The van der Waals surface area contributed by atoms with Crippen molar-refractivity contribution < 1.29 is 9.47 Å². The lowest BCUT2D eigenvalue weighted by Crippen LogP contribution is -2.24. The van der Waals surface area contributed by atoms with E-state index in [-0.39, 0.29) is 6.10 Å². The van der Waals surface area contributed by atoms with E-state index in [1.165, 1.54) is 11.1 Å². The summed E-state index contributed by atoms with van der Waals surface area (Å²) in [5.41, 5.74) is 3.66. The minimum absolute atomic E-state index is 0.0757. The molecular weight excluding hydrogens is 324 g/mol. The Bertz CT molecular complexity index is 811. The highest BCUT2D eigenvalue weighted by molar-refractivity contribution is 5.36. The quantitative estimate of drug-likeness (QED) is 0.596. The predicted octanol–water partition coefficient (Wildman–Crippen LogP) is 4.59. The summed E-state index contributed by atoms with van der Waals surface area (Å²) in [6.07, 6.45) is 7.58. The van der Waals surface area contributed by atoms with Crippen LogP contribution >= 0.6 is 0 Å². The Morgan fingerprint density at radius 1 is 1.08 bits per heavy atom. The van der Waals surface area contributed by atoms with Crippen LogP contribution in [0.2, 0.25) is 0 Å². The third-order valence-electron chi connectivity index (χ3n) is 4.52. The highest BCUT2D eigenvalue weighted by atomic mass is 16.5. The Hall–Kier alpha value is -2.75. The van der Waals surface area contributed by atoms with Crippen molar-refractivity contribution in [2.45, 2.75) is 39.3 Å². The second-order valence-electron chi connectivity index (χ2n) is 6.66. The zero-order valence-corrected chi connectivity index (χ0v) is 15.7. The highest BCUT2D eigenvalue weighted by Gasteiger charge is 2.14. The van der Waals surface area contributed by atoms with Gasteiger partial charge in [0.05, 0.1) is 20.0 Å². The van der Waals surface area contributed by atoms with Crippen molar-refractivity contribution >= 4 is 0 Å². The van der Waals surface area contributed by atoms with E-state index in [1.54, 1.807) is 13.3 Å². The zero-order valence-electron chi connectivity index (χ0n) is 15.7. The number of hydrogen-bond acceptors (Lipinski definition) is 3. The summed E-state index contributed by atoms with van der Waals surface area (Å²) in [4.78, 5) is 4.14. The van der Waals surface area contributed by atoms with Gasteiger partial charge < -0.3 is 14.0 Å². The molecule has 0 aliphatic heterocycles. The number of ether oxygens (including phenoxy) is 2. The van der Waals surface area contributed by atoms with Crippen LogP contribution in [0, 0.1) is 13.8 Å². The van der Waals surface area contributed by atoms with Crippen LogP contribution in [0.4, 0.5) is 0 Å². The van der Waals surface area contributed by atoms with E-state index in [0.717, 1.165) is 36.4 Å². The Kier molecular flexibility index (Phi) is 5.95. The van der Waals surface area contributed by atoms with Crippen LogP contribution in [0.3, 0.4) is 0 Å². The second-order valence-corrected chi connectivity index (χ2v) is 6.66. The number of imidazole rings is 1. The monoisotopic (exact) mass is 350 g/mol. The standard InChI is InChI=1S/C22H26N2O2/c1-17-4-5-18(2)22(14-17)26-21(15-24-13-12-23-16-24)11-8-19-6-9-20(25-3)10-7-19/h4-7,9-10,12-14,16,21H,8,11,15H2,1-3H3. The molecule has 4 heteroatoms. The first-order chi connectivity index (χ1) is 12.6. The number of aromatic nitrogens is 2. The van der Waals surface area contributed by atoms with Crippen LogP contribution in [0.25, 0.3) is 0 Å². The molecule has 2 aromatic carbocycles. The van der Waals surface area contributed by atoms with Gasteiger partial charge >= 0.3 is 0 Å². The fourth-order valence-electron chi connectivity index (χ4n) is 2.95. The minimum atomic E-state index is 0.0757. The van der Waals surface area contributed by atoms with Crippen molar-refractivity contribution in [3.05, 3.63) is 77.9 Å². The molecule has 0 spiro atoms. The van der Waals surface area contributed by atoms with Gasteiger partial charge in [0, 0.05) is 12.4 Å². The molecule has 1 atom stereocenters. The third-order valence-corrected chi connectivity index (χ3v) is 4.52. The van der Waals surface area contributed by atoms with E-state index in [4.69, 9.17) is 9.47 Å². The van der Waals surface area contributed by atoms with Gasteiger partial charge in [0.2, 0.25) is 0 Å². The van der Waals surface area contributed by atoms with Gasteiger partial charge in [0.1, 0.15) is 17.6 Å². The number of benzene rings is 2. The van der Waals surface area contributed by atoms with Crippen molar-refractivity contribution in [2.75, 3.05) is 7.11 Å². The van der Waals surface area contributed by atoms with Crippen LogP contribution in [0.15, 0.2) is 61.2 Å². The van der Waals surface area contributed by atoms with Crippen molar-refractivity contribution in [3.63, 3.8) is 0 Å². The first-order valence-corrected chi connectivity index (χ1v) is 8.96. The van der Waals surface area contributed by atoms with Gasteiger partial charge in [0.25, 0.3) is 0 Å². The molecular formula is C22H26N2O2. The number of nitrogens with zero attached hydrogens (tertiary/aromatic N) is 2. The molecule has 3 rings (SSSR count). The Balaban J connectivity index is 1.70. The predicted molar refractivity (Wildman–Crippen MR) is 104 cm³/mol. The molecule has 1 heterocycles. The molecule has 0 saturated carbocycles. The zero-order chi connectivity index (χ0) is 18.4. The number of methoxy groups -OCH3 is 1. The molecule has 26 heavy (non-hydrogen) atoms. The Morgan fingerprint density at radius 3 is 2.58 bits per heavy atom. The molecule has 1 aromatic heterocycles. The van der Waals surface area contributed by atoms with E-state index in [2.05, 4.69) is 53.7 Å². The summed E-state index contributed by atoms with van der Waals surface area (Å²) in [7, 11) is 1.69. The molecule has 0 aliphatic carbocycles. The lowest BCUT2D eigenvalue weighted by molar-refractivity contribution is 0.169. The largest absolute Gasteiger partial charge is 0.497 e. The van der Waals surface area contributed by atoms with Gasteiger partial charge in [-0.25, -0.2) is 4.98 Å². The first-order valence-electron chi connectivity index (χ1n) is 8.96. The molecule has 1 unspecified atom stereocenters. The van der Waals surface area contributed by atoms with E-state index in [1.807, 2.05) is 24.7 Å². The normalized spacial score (nSPS) is 12.0. The average Bonchev–Trinajstić information content (AvgIpc) is 3.16. The van der Waals surface area contributed by atoms with Crippen LogP contribution in [0.5, 0.6) is 11.5 Å². The van der Waals surface area contributed by atoms with Gasteiger partial charge in [-0.15, -0.1) is 0 Å². The summed E-state index contributed by atoms with van der Waals surface area (Å²) < 4.78 is 13.7. The SMILES string of the molecule is COc1ccc(CCC(Cn2ccnc2)Oc2cc(C)ccc2C)cc1. The summed E-state index contributed by atoms with van der Waals surface area (Å²) in [6, 6.07) is 14.6. The number of rotatable bonds is 8. The van der Waals surface area contributed by atoms with E-state index >= 15 is 0 Å². The maximum Gasteiger partial charge on any atom is 0.122 e. The summed E-state index contributed by atoms with van der Waals surface area (Å²) in [5, 5.41) is 0. The van der Waals surface area contributed by atoms with Gasteiger partial charge in [-0.1, -0.05) is 24.3 Å². The fourth-order valence-corrected chi connectivity index (χ4v) is 2.95. The van der Waals surface area contributed by atoms with Gasteiger partial charge in [-0.05, 0) is 61.6 Å². The Labute approximate surface area is 155 Å². The van der Waals surface area contributed by atoms with Crippen molar-refractivity contribution in [1.29, 1.82) is 0 Å². The molecule has 0 aliphatic rings. The summed E-state index contributed by atoms with van der Waals surface area (Å²) in [6.45, 7) is 4.96. The van der Waals surface area contributed by atoms with Gasteiger partial charge in [-0.3, -0.25) is 0 Å². The molecule has 4 nitrogen and oxygen atoms in total. The molecule has 0 radical (unpaired) electrons. The smallest absolute Gasteiger partial charge is 0.122 e. The Morgan fingerprint density at radius 2 is 1.88 bits per heavy atom. The number of hydrogen-bond donors (Lipinski definition) is 0. The molecule has 0 amide bonds. The van der Waals surface area contributed by atoms with Crippen LogP contribution in [0.1, 0.15) is 23.1 Å². The van der Waals surface area contributed by atoms with Crippen LogP contribution in [-0.4, -0.2) is 22.8 Å². The van der Waals surface area contributed by atoms with Gasteiger partial charge in [0.15, 0.2) is 0 Å². The number of aryl methyl sites for hydroxylation is 3.